The molecule has 3 N–H and O–H groups in total. The molecule has 54 valence electrons. The van der Waals surface area contributed by atoms with Gasteiger partial charge in [-0.15, -0.1) is 6.58 Å². The molecule has 2 heteroatoms. The van der Waals surface area contributed by atoms with Gasteiger partial charge < -0.3 is 5.73 Å². The fraction of sp³-hybridized carbons (Fsp3) is 0.714. The predicted octanol–water partition coefficient (Wildman–Crippen LogP) is 0.845. The lowest BCUT2D eigenvalue weighted by Crippen LogP contribution is -2.40. The van der Waals surface area contributed by atoms with Crippen LogP contribution < -0.4 is 11.1 Å². The molecule has 0 rings (SSSR count). The molecule has 0 aromatic carbocycles. The van der Waals surface area contributed by atoms with Crippen LogP contribution in [0.3, 0.4) is 0 Å². The van der Waals surface area contributed by atoms with Gasteiger partial charge in [-0.3, -0.25) is 5.32 Å². The largest absolute Gasteiger partial charge is 0.316 e. The molecule has 0 amide bonds. The molecule has 9 heavy (non-hydrogen) atoms. The van der Waals surface area contributed by atoms with Crippen LogP contribution in [0.5, 0.6) is 0 Å². The summed E-state index contributed by atoms with van der Waals surface area (Å²) in [5, 5.41) is 3.14. The van der Waals surface area contributed by atoms with Crippen LogP contribution in [0.4, 0.5) is 0 Å². The highest BCUT2D eigenvalue weighted by Gasteiger charge is 2.00. The van der Waals surface area contributed by atoms with Crippen molar-refractivity contribution >= 4 is 0 Å². The lowest BCUT2D eigenvalue weighted by atomic mass is 10.2. The maximum atomic E-state index is 5.49. The van der Waals surface area contributed by atoms with Gasteiger partial charge in [-0.1, -0.05) is 13.0 Å². The third-order valence-electron chi connectivity index (χ3n) is 1.20. The van der Waals surface area contributed by atoms with Crippen LogP contribution in [-0.2, 0) is 0 Å². The molecule has 0 aliphatic heterocycles. The molecule has 0 radical (unpaired) electrons. The van der Waals surface area contributed by atoms with Gasteiger partial charge in [0.1, 0.15) is 0 Å². The molecule has 0 aromatic heterocycles. The highest BCUT2D eigenvalue weighted by Crippen LogP contribution is 1.90. The van der Waals surface area contributed by atoms with Crippen LogP contribution in [0, 0.1) is 0 Å². The van der Waals surface area contributed by atoms with E-state index < -0.39 is 0 Å². The second-order valence-corrected chi connectivity index (χ2v) is 2.21. The second-order valence-electron chi connectivity index (χ2n) is 2.21. The Kier molecular flexibility index (Phi) is 4.36. The first-order chi connectivity index (χ1) is 4.20. The first-order valence-corrected chi connectivity index (χ1v) is 3.34. The molecule has 0 bridgehead atoms. The molecule has 0 aliphatic rings. The molecular formula is C7H16N2. The Morgan fingerprint density at radius 2 is 2.33 bits per heavy atom. The zero-order chi connectivity index (χ0) is 7.28. The Morgan fingerprint density at radius 1 is 1.78 bits per heavy atom. The van der Waals surface area contributed by atoms with Crippen molar-refractivity contribution in [2.24, 2.45) is 5.73 Å². The molecule has 0 spiro atoms. The van der Waals surface area contributed by atoms with E-state index in [4.69, 9.17) is 5.73 Å². The average Bonchev–Trinajstić information content (AvgIpc) is 1.82. The SMILES string of the molecule is C=CC(CC)NC(C)N. The van der Waals surface area contributed by atoms with Gasteiger partial charge in [-0.25, -0.2) is 0 Å². The standard InChI is InChI=1S/C7H16N2/c1-4-7(5-2)9-6(3)8/h4,6-7,9H,1,5,8H2,2-3H3. The van der Waals surface area contributed by atoms with Gasteiger partial charge in [0.25, 0.3) is 0 Å². The van der Waals surface area contributed by atoms with E-state index >= 15 is 0 Å². The third kappa shape index (κ3) is 4.18. The fourth-order valence-electron chi connectivity index (χ4n) is 0.690. The van der Waals surface area contributed by atoms with Crippen LogP contribution in [-0.4, -0.2) is 12.2 Å². The van der Waals surface area contributed by atoms with Gasteiger partial charge in [0, 0.05) is 6.04 Å². The summed E-state index contributed by atoms with van der Waals surface area (Å²) in [6.45, 7) is 7.69. The van der Waals surface area contributed by atoms with E-state index in [-0.39, 0.29) is 6.17 Å². The van der Waals surface area contributed by atoms with Crippen molar-refractivity contribution in [1.82, 2.24) is 5.32 Å². The Hall–Kier alpha value is -0.340. The van der Waals surface area contributed by atoms with E-state index in [1.165, 1.54) is 0 Å². The van der Waals surface area contributed by atoms with Gasteiger partial charge in [0.15, 0.2) is 0 Å². The Bertz CT molecular complexity index is 79.0. The van der Waals surface area contributed by atoms with Gasteiger partial charge in [-0.05, 0) is 13.3 Å². The van der Waals surface area contributed by atoms with Crippen LogP contribution in [0.2, 0.25) is 0 Å². The average molecular weight is 128 g/mol. The predicted molar refractivity (Wildman–Crippen MR) is 41.1 cm³/mol. The summed E-state index contributed by atoms with van der Waals surface area (Å²) in [6, 6.07) is 0.366. The number of hydrogen-bond donors (Lipinski definition) is 2. The zero-order valence-electron chi connectivity index (χ0n) is 6.22. The lowest BCUT2D eigenvalue weighted by Gasteiger charge is -2.14. The van der Waals surface area contributed by atoms with E-state index in [0.717, 1.165) is 6.42 Å². The van der Waals surface area contributed by atoms with E-state index in [9.17, 15) is 0 Å². The maximum Gasteiger partial charge on any atom is 0.0521 e. The summed E-state index contributed by atoms with van der Waals surface area (Å²) >= 11 is 0. The summed E-state index contributed by atoms with van der Waals surface area (Å²) in [6.07, 6.45) is 2.99. The molecule has 2 atom stereocenters. The minimum atomic E-state index is 0.0629. The fourth-order valence-corrected chi connectivity index (χ4v) is 0.690. The Balaban J connectivity index is 3.42. The molecule has 2 unspecified atom stereocenters. The van der Waals surface area contributed by atoms with Crippen molar-refractivity contribution in [3.63, 3.8) is 0 Å². The molecule has 0 saturated heterocycles. The van der Waals surface area contributed by atoms with Gasteiger partial charge in [0.2, 0.25) is 0 Å². The minimum Gasteiger partial charge on any atom is -0.316 e. The zero-order valence-corrected chi connectivity index (χ0v) is 6.22. The van der Waals surface area contributed by atoms with E-state index in [1.807, 2.05) is 13.0 Å². The first-order valence-electron chi connectivity index (χ1n) is 3.34. The highest BCUT2D eigenvalue weighted by atomic mass is 15.0. The maximum absolute atomic E-state index is 5.49. The van der Waals surface area contributed by atoms with Gasteiger partial charge >= 0.3 is 0 Å². The van der Waals surface area contributed by atoms with Crippen molar-refractivity contribution < 1.29 is 0 Å². The topological polar surface area (TPSA) is 38.0 Å². The van der Waals surface area contributed by atoms with Crippen LogP contribution in [0.15, 0.2) is 12.7 Å². The number of nitrogens with two attached hydrogens (primary N) is 1. The second kappa shape index (κ2) is 4.53. The highest BCUT2D eigenvalue weighted by molar-refractivity contribution is 4.84. The molecule has 0 heterocycles. The minimum absolute atomic E-state index is 0.0629. The third-order valence-corrected chi connectivity index (χ3v) is 1.20. The van der Waals surface area contributed by atoms with Crippen LogP contribution in [0.25, 0.3) is 0 Å². The lowest BCUT2D eigenvalue weighted by molar-refractivity contribution is 0.498. The van der Waals surface area contributed by atoms with E-state index in [0.29, 0.717) is 6.04 Å². The van der Waals surface area contributed by atoms with Crippen molar-refractivity contribution in [2.45, 2.75) is 32.5 Å². The summed E-state index contributed by atoms with van der Waals surface area (Å²) in [4.78, 5) is 0. The monoisotopic (exact) mass is 128 g/mol. The summed E-state index contributed by atoms with van der Waals surface area (Å²) in [5.74, 6) is 0. The van der Waals surface area contributed by atoms with Gasteiger partial charge in [-0.2, -0.15) is 0 Å². The quantitative estimate of drug-likeness (QED) is 0.435. The summed E-state index contributed by atoms with van der Waals surface area (Å²) in [7, 11) is 0. The van der Waals surface area contributed by atoms with Crippen molar-refractivity contribution in [3.05, 3.63) is 12.7 Å². The van der Waals surface area contributed by atoms with Crippen molar-refractivity contribution in [3.8, 4) is 0 Å². The Labute approximate surface area is 57.1 Å². The number of nitrogens with one attached hydrogen (secondary N) is 1. The molecular weight excluding hydrogens is 112 g/mol. The van der Waals surface area contributed by atoms with E-state index in [2.05, 4.69) is 18.8 Å². The number of hydrogen-bond acceptors (Lipinski definition) is 2. The molecule has 0 aromatic rings. The number of rotatable bonds is 4. The smallest absolute Gasteiger partial charge is 0.0521 e. The van der Waals surface area contributed by atoms with E-state index in [1.54, 1.807) is 0 Å². The van der Waals surface area contributed by atoms with Crippen LogP contribution in [0.1, 0.15) is 20.3 Å². The molecule has 2 nitrogen and oxygen atoms in total. The van der Waals surface area contributed by atoms with Gasteiger partial charge in [0.05, 0.1) is 6.17 Å². The van der Waals surface area contributed by atoms with Crippen LogP contribution >= 0.6 is 0 Å². The summed E-state index contributed by atoms with van der Waals surface area (Å²) in [5.41, 5.74) is 5.49. The molecule has 0 saturated carbocycles. The molecule has 0 aliphatic carbocycles. The first kappa shape index (κ1) is 8.66. The normalized spacial score (nSPS) is 16.8. The molecule has 0 fully saturated rings. The van der Waals surface area contributed by atoms with Crippen molar-refractivity contribution in [2.75, 3.05) is 0 Å². The summed E-state index contributed by atoms with van der Waals surface area (Å²) < 4.78 is 0. The Morgan fingerprint density at radius 3 is 2.44 bits per heavy atom. The van der Waals surface area contributed by atoms with Crippen molar-refractivity contribution in [1.29, 1.82) is 0 Å².